The Kier molecular flexibility index (Phi) is 5.78. The minimum absolute atomic E-state index is 0.216. The molecule has 0 saturated carbocycles. The van der Waals surface area contributed by atoms with Crippen molar-refractivity contribution >= 4 is 0 Å². The van der Waals surface area contributed by atoms with Crippen LogP contribution in [0.5, 0.6) is 5.75 Å². The van der Waals surface area contributed by atoms with Crippen LogP contribution in [0.3, 0.4) is 0 Å². The standard InChI is InChI=1S/C13H25N3O3/c1-6-13(17,10-18-4)12-11(19-5)9-14-16(12)8-7-15(2)3/h9,17H,6-8,10H2,1-5H3. The molecule has 110 valence electrons. The second-order valence-electron chi connectivity index (χ2n) is 4.91. The highest BCUT2D eigenvalue weighted by Crippen LogP contribution is 2.32. The van der Waals surface area contributed by atoms with Crippen molar-refractivity contribution in [1.29, 1.82) is 0 Å². The molecular formula is C13H25N3O3. The lowest BCUT2D eigenvalue weighted by atomic mass is 9.96. The molecule has 1 heterocycles. The van der Waals surface area contributed by atoms with Crippen LogP contribution in [0.2, 0.25) is 0 Å². The summed E-state index contributed by atoms with van der Waals surface area (Å²) in [6, 6.07) is 0. The fraction of sp³-hybridized carbons (Fsp3) is 0.769. The summed E-state index contributed by atoms with van der Waals surface area (Å²) in [4.78, 5) is 2.07. The number of nitrogens with zero attached hydrogens (tertiary/aromatic N) is 3. The molecule has 0 aromatic carbocycles. The Morgan fingerprint density at radius 3 is 2.58 bits per heavy atom. The molecule has 0 saturated heterocycles. The fourth-order valence-electron chi connectivity index (χ4n) is 2.03. The number of hydrogen-bond acceptors (Lipinski definition) is 5. The van der Waals surface area contributed by atoms with Crippen LogP contribution in [0.15, 0.2) is 6.20 Å². The highest BCUT2D eigenvalue weighted by Gasteiger charge is 2.34. The number of ether oxygens (including phenoxy) is 2. The van der Waals surface area contributed by atoms with Crippen LogP contribution < -0.4 is 4.74 Å². The Morgan fingerprint density at radius 1 is 1.42 bits per heavy atom. The van der Waals surface area contributed by atoms with Crippen molar-refractivity contribution in [2.24, 2.45) is 0 Å². The average molecular weight is 271 g/mol. The van der Waals surface area contributed by atoms with Crippen molar-refractivity contribution in [1.82, 2.24) is 14.7 Å². The van der Waals surface area contributed by atoms with Crippen LogP contribution in [-0.2, 0) is 16.9 Å². The zero-order chi connectivity index (χ0) is 14.5. The average Bonchev–Trinajstić information content (AvgIpc) is 2.80. The maximum Gasteiger partial charge on any atom is 0.163 e. The molecule has 0 amide bonds. The third-order valence-corrected chi connectivity index (χ3v) is 3.19. The number of methoxy groups -OCH3 is 2. The van der Waals surface area contributed by atoms with Crippen molar-refractivity contribution in [3.05, 3.63) is 11.9 Å². The van der Waals surface area contributed by atoms with E-state index in [0.717, 1.165) is 6.54 Å². The maximum atomic E-state index is 10.8. The van der Waals surface area contributed by atoms with E-state index >= 15 is 0 Å². The van der Waals surface area contributed by atoms with Crippen molar-refractivity contribution in [3.63, 3.8) is 0 Å². The summed E-state index contributed by atoms with van der Waals surface area (Å²) in [6.45, 7) is 3.66. The van der Waals surface area contributed by atoms with Gasteiger partial charge >= 0.3 is 0 Å². The highest BCUT2D eigenvalue weighted by atomic mass is 16.5. The van der Waals surface area contributed by atoms with Crippen LogP contribution in [0.25, 0.3) is 0 Å². The second-order valence-corrected chi connectivity index (χ2v) is 4.91. The largest absolute Gasteiger partial charge is 0.493 e. The predicted octanol–water partition coefficient (Wildman–Crippen LogP) is 0.697. The summed E-state index contributed by atoms with van der Waals surface area (Å²) in [5.41, 5.74) is -0.399. The smallest absolute Gasteiger partial charge is 0.163 e. The minimum atomic E-state index is -1.08. The third kappa shape index (κ3) is 3.68. The van der Waals surface area contributed by atoms with Gasteiger partial charge < -0.3 is 19.5 Å². The monoisotopic (exact) mass is 271 g/mol. The summed E-state index contributed by atoms with van der Waals surface area (Å²) < 4.78 is 12.3. The van der Waals surface area contributed by atoms with Crippen molar-refractivity contribution < 1.29 is 14.6 Å². The summed E-state index contributed by atoms with van der Waals surface area (Å²) in [5.74, 6) is 0.597. The van der Waals surface area contributed by atoms with Gasteiger partial charge in [0.15, 0.2) is 5.75 Å². The first-order chi connectivity index (χ1) is 8.98. The summed E-state index contributed by atoms with van der Waals surface area (Å²) >= 11 is 0. The van der Waals surface area contributed by atoms with E-state index in [-0.39, 0.29) is 6.61 Å². The minimum Gasteiger partial charge on any atom is -0.493 e. The molecule has 1 aromatic heterocycles. The first kappa shape index (κ1) is 15.9. The van der Waals surface area contributed by atoms with Gasteiger partial charge in [-0.3, -0.25) is 4.68 Å². The summed E-state index contributed by atoms with van der Waals surface area (Å²) in [5, 5.41) is 15.1. The fourth-order valence-corrected chi connectivity index (χ4v) is 2.03. The zero-order valence-corrected chi connectivity index (χ0v) is 12.5. The Hall–Kier alpha value is -1.11. The summed E-state index contributed by atoms with van der Waals surface area (Å²) in [7, 11) is 7.16. The van der Waals surface area contributed by atoms with E-state index < -0.39 is 5.60 Å². The molecular weight excluding hydrogens is 246 g/mol. The molecule has 1 unspecified atom stereocenters. The molecule has 6 heteroatoms. The Labute approximate surface area is 114 Å². The van der Waals surface area contributed by atoms with Crippen molar-refractivity contribution in [2.75, 3.05) is 41.5 Å². The SMILES string of the molecule is CCC(O)(COC)c1c(OC)cnn1CCN(C)C. The molecule has 0 aliphatic carbocycles. The lowest BCUT2D eigenvalue weighted by Crippen LogP contribution is -2.34. The molecule has 6 nitrogen and oxygen atoms in total. The first-order valence-electron chi connectivity index (χ1n) is 6.44. The van der Waals surface area contributed by atoms with Gasteiger partial charge in [0, 0.05) is 13.7 Å². The van der Waals surface area contributed by atoms with Gasteiger partial charge in [-0.1, -0.05) is 6.92 Å². The van der Waals surface area contributed by atoms with E-state index in [0.29, 0.717) is 24.4 Å². The normalized spacial score (nSPS) is 14.7. The molecule has 0 radical (unpaired) electrons. The van der Waals surface area contributed by atoms with E-state index in [1.54, 1.807) is 25.1 Å². The molecule has 1 atom stereocenters. The number of hydrogen-bond donors (Lipinski definition) is 1. The van der Waals surface area contributed by atoms with Crippen LogP contribution in [0.4, 0.5) is 0 Å². The van der Waals surface area contributed by atoms with Gasteiger partial charge in [0.25, 0.3) is 0 Å². The quantitative estimate of drug-likeness (QED) is 0.754. The molecule has 0 aliphatic heterocycles. The summed E-state index contributed by atoms with van der Waals surface area (Å²) in [6.07, 6.45) is 2.17. The maximum absolute atomic E-state index is 10.8. The molecule has 0 bridgehead atoms. The molecule has 0 spiro atoms. The van der Waals surface area contributed by atoms with Crippen LogP contribution in [0.1, 0.15) is 19.0 Å². The highest BCUT2D eigenvalue weighted by molar-refractivity contribution is 5.31. The molecule has 0 fully saturated rings. The Bertz CT molecular complexity index is 392. The first-order valence-corrected chi connectivity index (χ1v) is 6.44. The molecule has 1 aromatic rings. The van der Waals surface area contributed by atoms with E-state index in [4.69, 9.17) is 9.47 Å². The zero-order valence-electron chi connectivity index (χ0n) is 12.5. The second kappa shape index (κ2) is 6.88. The van der Waals surface area contributed by atoms with Gasteiger partial charge in [-0.05, 0) is 20.5 Å². The van der Waals surface area contributed by atoms with Crippen LogP contribution in [-0.4, -0.2) is 61.3 Å². The lowest BCUT2D eigenvalue weighted by molar-refractivity contribution is -0.0464. The topological polar surface area (TPSA) is 59.8 Å². The van der Waals surface area contributed by atoms with Gasteiger partial charge in [0.2, 0.25) is 0 Å². The molecule has 0 aliphatic rings. The lowest BCUT2D eigenvalue weighted by Gasteiger charge is -2.28. The molecule has 19 heavy (non-hydrogen) atoms. The third-order valence-electron chi connectivity index (χ3n) is 3.19. The Balaban J connectivity index is 3.10. The van der Waals surface area contributed by atoms with Crippen LogP contribution in [0, 0.1) is 0 Å². The molecule has 1 N–H and O–H groups in total. The van der Waals surface area contributed by atoms with Gasteiger partial charge in [0.05, 0.1) is 26.5 Å². The van der Waals surface area contributed by atoms with E-state index in [2.05, 4.69) is 10.00 Å². The number of aliphatic hydroxyl groups is 1. The van der Waals surface area contributed by atoms with E-state index in [1.807, 2.05) is 21.0 Å². The van der Waals surface area contributed by atoms with E-state index in [9.17, 15) is 5.11 Å². The molecule has 1 rings (SSSR count). The predicted molar refractivity (Wildman–Crippen MR) is 73.4 cm³/mol. The van der Waals surface area contributed by atoms with E-state index in [1.165, 1.54) is 0 Å². The number of rotatable bonds is 8. The van der Waals surface area contributed by atoms with Gasteiger partial charge in [0.1, 0.15) is 11.3 Å². The number of likely N-dealkylation sites (N-methyl/N-ethyl adjacent to an activating group) is 1. The number of aromatic nitrogens is 2. The van der Waals surface area contributed by atoms with Crippen LogP contribution >= 0.6 is 0 Å². The van der Waals surface area contributed by atoms with Crippen molar-refractivity contribution in [3.8, 4) is 5.75 Å². The Morgan fingerprint density at radius 2 is 2.11 bits per heavy atom. The van der Waals surface area contributed by atoms with Gasteiger partial charge in [-0.15, -0.1) is 0 Å². The van der Waals surface area contributed by atoms with Gasteiger partial charge in [-0.2, -0.15) is 5.10 Å². The van der Waals surface area contributed by atoms with Crippen molar-refractivity contribution in [2.45, 2.75) is 25.5 Å². The van der Waals surface area contributed by atoms with Gasteiger partial charge in [-0.25, -0.2) is 0 Å².